The molecule has 0 aromatic heterocycles. The molecule has 1 aromatic carbocycles. The molecule has 0 atom stereocenters. The normalized spacial score (nSPS) is 17.5. The van der Waals surface area contributed by atoms with Crippen molar-refractivity contribution in [1.29, 1.82) is 0 Å². The summed E-state index contributed by atoms with van der Waals surface area (Å²) in [7, 11) is -3.17. The number of rotatable bonds is 5. The van der Waals surface area contributed by atoms with Crippen LogP contribution in [-0.4, -0.2) is 27.3 Å². The van der Waals surface area contributed by atoms with E-state index in [0.717, 1.165) is 37.1 Å². The van der Waals surface area contributed by atoms with Crippen molar-refractivity contribution in [3.05, 3.63) is 35.4 Å². The van der Waals surface area contributed by atoms with Crippen LogP contribution in [0.1, 0.15) is 24.0 Å². The van der Waals surface area contributed by atoms with E-state index >= 15 is 0 Å². The predicted molar refractivity (Wildman–Crippen MR) is 77.4 cm³/mol. The topological polar surface area (TPSA) is 58.2 Å². The highest BCUT2D eigenvalue weighted by Crippen LogP contribution is 2.14. The minimum absolute atomic E-state index is 0.250. The molecule has 2 rings (SSSR count). The van der Waals surface area contributed by atoms with Gasteiger partial charge in [0.05, 0.1) is 5.75 Å². The Hall–Kier alpha value is -0.910. The Morgan fingerprint density at radius 3 is 2.74 bits per heavy atom. The Morgan fingerprint density at radius 1 is 1.32 bits per heavy atom. The predicted octanol–water partition coefficient (Wildman–Crippen LogP) is 1.41. The van der Waals surface area contributed by atoms with Crippen LogP contribution in [0, 0.1) is 12.8 Å². The molecule has 2 N–H and O–H groups in total. The molecule has 0 unspecified atom stereocenters. The Balaban J connectivity index is 1.86. The highest BCUT2D eigenvalue weighted by molar-refractivity contribution is 7.89. The molecule has 5 heteroatoms. The van der Waals surface area contributed by atoms with Crippen LogP contribution >= 0.6 is 0 Å². The molecule has 0 amide bonds. The second-order valence-electron chi connectivity index (χ2n) is 5.28. The molecule has 19 heavy (non-hydrogen) atoms. The fourth-order valence-electron chi connectivity index (χ4n) is 2.43. The molecular weight excluding hydrogens is 260 g/mol. The SMILES string of the molecule is Cc1cccc(CNS(=O)(=O)CC2CCNCC2)c1. The molecular formula is C14H22N2O2S. The summed E-state index contributed by atoms with van der Waals surface area (Å²) in [5, 5.41) is 3.25. The van der Waals surface area contributed by atoms with Crippen molar-refractivity contribution in [1.82, 2.24) is 10.0 Å². The van der Waals surface area contributed by atoms with Gasteiger partial charge in [0.25, 0.3) is 0 Å². The summed E-state index contributed by atoms with van der Waals surface area (Å²) in [6.07, 6.45) is 1.90. The van der Waals surface area contributed by atoms with Gasteiger partial charge in [-0.25, -0.2) is 13.1 Å². The van der Waals surface area contributed by atoms with E-state index in [-0.39, 0.29) is 11.7 Å². The molecule has 0 bridgehead atoms. The second-order valence-corrected chi connectivity index (χ2v) is 7.14. The lowest BCUT2D eigenvalue weighted by molar-refractivity contribution is 0.400. The monoisotopic (exact) mass is 282 g/mol. The number of hydrogen-bond donors (Lipinski definition) is 2. The fourth-order valence-corrected chi connectivity index (χ4v) is 3.89. The van der Waals surface area contributed by atoms with Crippen molar-refractivity contribution in [3.8, 4) is 0 Å². The maximum Gasteiger partial charge on any atom is 0.212 e. The van der Waals surface area contributed by atoms with Gasteiger partial charge in [-0.3, -0.25) is 0 Å². The van der Waals surface area contributed by atoms with Crippen molar-refractivity contribution < 1.29 is 8.42 Å². The highest BCUT2D eigenvalue weighted by Gasteiger charge is 2.20. The van der Waals surface area contributed by atoms with E-state index in [4.69, 9.17) is 0 Å². The second kappa shape index (κ2) is 6.50. The Kier molecular flexibility index (Phi) is 4.96. The molecule has 0 radical (unpaired) electrons. The van der Waals surface area contributed by atoms with E-state index in [9.17, 15) is 8.42 Å². The van der Waals surface area contributed by atoms with Crippen molar-refractivity contribution in [2.24, 2.45) is 5.92 Å². The number of aryl methyl sites for hydroxylation is 1. The van der Waals surface area contributed by atoms with Crippen LogP contribution in [-0.2, 0) is 16.6 Å². The van der Waals surface area contributed by atoms with Crippen LogP contribution in [0.3, 0.4) is 0 Å². The summed E-state index contributed by atoms with van der Waals surface area (Å²) in [5.74, 6) is 0.539. The quantitative estimate of drug-likeness (QED) is 0.858. The fraction of sp³-hybridized carbons (Fsp3) is 0.571. The van der Waals surface area contributed by atoms with Gasteiger partial charge < -0.3 is 5.32 Å². The lowest BCUT2D eigenvalue weighted by atomic mass is 10.0. The minimum Gasteiger partial charge on any atom is -0.317 e. The first-order valence-corrected chi connectivity index (χ1v) is 8.44. The Labute approximate surface area is 115 Å². The van der Waals surface area contributed by atoms with E-state index in [0.29, 0.717) is 6.54 Å². The van der Waals surface area contributed by atoms with Gasteiger partial charge in [0.1, 0.15) is 0 Å². The van der Waals surface area contributed by atoms with E-state index in [2.05, 4.69) is 10.0 Å². The zero-order chi connectivity index (χ0) is 13.7. The van der Waals surface area contributed by atoms with E-state index in [1.807, 2.05) is 31.2 Å². The summed E-state index contributed by atoms with van der Waals surface area (Å²) in [4.78, 5) is 0. The zero-order valence-corrected chi connectivity index (χ0v) is 12.2. The summed E-state index contributed by atoms with van der Waals surface area (Å²) >= 11 is 0. The lowest BCUT2D eigenvalue weighted by Crippen LogP contribution is -2.35. The molecule has 1 aliphatic heterocycles. The average Bonchev–Trinajstić information content (AvgIpc) is 2.37. The van der Waals surface area contributed by atoms with Gasteiger partial charge in [-0.1, -0.05) is 29.8 Å². The van der Waals surface area contributed by atoms with Gasteiger partial charge in [-0.2, -0.15) is 0 Å². The molecule has 1 aliphatic rings. The van der Waals surface area contributed by atoms with Crippen LogP contribution in [0.15, 0.2) is 24.3 Å². The molecule has 4 nitrogen and oxygen atoms in total. The summed E-state index contributed by atoms with van der Waals surface area (Å²) in [6, 6.07) is 7.91. The number of benzene rings is 1. The van der Waals surface area contributed by atoms with Crippen molar-refractivity contribution in [2.75, 3.05) is 18.8 Å². The Bertz CT molecular complexity index is 508. The van der Waals surface area contributed by atoms with Crippen LogP contribution in [0.5, 0.6) is 0 Å². The van der Waals surface area contributed by atoms with Crippen molar-refractivity contribution in [3.63, 3.8) is 0 Å². The molecule has 106 valence electrons. The standard InChI is InChI=1S/C14H22N2O2S/c1-12-3-2-4-14(9-12)10-16-19(17,18)11-13-5-7-15-8-6-13/h2-4,9,13,15-16H,5-8,10-11H2,1H3. The van der Waals surface area contributed by atoms with Gasteiger partial charge in [0.15, 0.2) is 0 Å². The first-order chi connectivity index (χ1) is 9.05. The van der Waals surface area contributed by atoms with Crippen LogP contribution in [0.2, 0.25) is 0 Å². The maximum absolute atomic E-state index is 12.0. The first-order valence-electron chi connectivity index (χ1n) is 6.79. The molecule has 1 saturated heterocycles. The smallest absolute Gasteiger partial charge is 0.212 e. The van der Waals surface area contributed by atoms with E-state index < -0.39 is 10.0 Å². The molecule has 0 spiro atoms. The number of hydrogen-bond acceptors (Lipinski definition) is 3. The van der Waals surface area contributed by atoms with E-state index in [1.54, 1.807) is 0 Å². The van der Waals surface area contributed by atoms with Gasteiger partial charge in [-0.05, 0) is 44.3 Å². The molecule has 1 heterocycles. The number of sulfonamides is 1. The number of piperidine rings is 1. The summed E-state index contributed by atoms with van der Waals surface area (Å²) in [5.41, 5.74) is 2.16. The third-order valence-electron chi connectivity index (χ3n) is 3.49. The van der Waals surface area contributed by atoms with Gasteiger partial charge in [0, 0.05) is 6.54 Å². The molecule has 0 saturated carbocycles. The number of nitrogens with one attached hydrogen (secondary N) is 2. The third-order valence-corrected chi connectivity index (χ3v) is 4.99. The first kappa shape index (κ1) is 14.5. The van der Waals surface area contributed by atoms with Gasteiger partial charge in [-0.15, -0.1) is 0 Å². The molecule has 1 fully saturated rings. The van der Waals surface area contributed by atoms with Gasteiger partial charge >= 0.3 is 0 Å². The van der Waals surface area contributed by atoms with Crippen LogP contribution in [0.25, 0.3) is 0 Å². The maximum atomic E-state index is 12.0. The van der Waals surface area contributed by atoms with Crippen molar-refractivity contribution in [2.45, 2.75) is 26.3 Å². The minimum atomic E-state index is -3.17. The van der Waals surface area contributed by atoms with Crippen LogP contribution in [0.4, 0.5) is 0 Å². The Morgan fingerprint density at radius 2 is 2.05 bits per heavy atom. The van der Waals surface area contributed by atoms with Crippen LogP contribution < -0.4 is 10.0 Å². The lowest BCUT2D eigenvalue weighted by Gasteiger charge is -2.22. The summed E-state index contributed by atoms with van der Waals surface area (Å²) < 4.78 is 26.8. The van der Waals surface area contributed by atoms with Crippen molar-refractivity contribution >= 4 is 10.0 Å². The molecule has 0 aliphatic carbocycles. The van der Waals surface area contributed by atoms with E-state index in [1.165, 1.54) is 0 Å². The highest BCUT2D eigenvalue weighted by atomic mass is 32.2. The summed E-state index contributed by atoms with van der Waals surface area (Å²) in [6.45, 7) is 4.25. The third kappa shape index (κ3) is 4.93. The average molecular weight is 282 g/mol. The largest absolute Gasteiger partial charge is 0.317 e. The molecule has 1 aromatic rings. The van der Waals surface area contributed by atoms with Gasteiger partial charge in [0.2, 0.25) is 10.0 Å². The zero-order valence-electron chi connectivity index (χ0n) is 11.4.